The molecule has 1 amide bonds. The largest absolute Gasteiger partial charge is 0.343 e. The maximum absolute atomic E-state index is 12.7. The fourth-order valence-electron chi connectivity index (χ4n) is 4.08. The molecular formula is C20H35N3O. The van der Waals surface area contributed by atoms with Gasteiger partial charge in [0, 0.05) is 31.7 Å². The molecule has 1 aliphatic rings. The van der Waals surface area contributed by atoms with Gasteiger partial charge in [-0.05, 0) is 50.5 Å². The van der Waals surface area contributed by atoms with Gasteiger partial charge in [-0.25, -0.2) is 0 Å². The molecule has 0 radical (unpaired) electrons. The van der Waals surface area contributed by atoms with E-state index in [0.29, 0.717) is 24.3 Å². The summed E-state index contributed by atoms with van der Waals surface area (Å²) in [7, 11) is 2.00. The summed E-state index contributed by atoms with van der Waals surface area (Å²) >= 11 is 0. The van der Waals surface area contributed by atoms with Crippen LogP contribution in [0.2, 0.25) is 0 Å². The molecular weight excluding hydrogens is 298 g/mol. The van der Waals surface area contributed by atoms with Crippen molar-refractivity contribution >= 4 is 5.91 Å². The Morgan fingerprint density at radius 2 is 1.96 bits per heavy atom. The zero-order chi connectivity index (χ0) is 17.9. The molecule has 1 aliphatic carbocycles. The summed E-state index contributed by atoms with van der Waals surface area (Å²) in [5.41, 5.74) is 3.56. The molecule has 1 aromatic heterocycles. The smallest absolute Gasteiger partial charge is 0.222 e. The SMILES string of the molecule is Cc1nn(CC(C)C)c(C)c1CCC(=O)N(C)C1CCCCC1C. The summed E-state index contributed by atoms with van der Waals surface area (Å²) in [6.45, 7) is 11.9. The first kappa shape index (κ1) is 19.0. The summed E-state index contributed by atoms with van der Waals surface area (Å²) < 4.78 is 2.10. The Morgan fingerprint density at radius 1 is 1.29 bits per heavy atom. The molecule has 0 spiro atoms. The molecule has 136 valence electrons. The Morgan fingerprint density at radius 3 is 2.58 bits per heavy atom. The van der Waals surface area contributed by atoms with Gasteiger partial charge in [0.1, 0.15) is 0 Å². The van der Waals surface area contributed by atoms with Crippen molar-refractivity contribution < 1.29 is 4.79 Å². The maximum atomic E-state index is 12.7. The molecule has 2 rings (SSSR count). The minimum Gasteiger partial charge on any atom is -0.343 e. The molecule has 0 aromatic carbocycles. The highest BCUT2D eigenvalue weighted by Crippen LogP contribution is 2.28. The lowest BCUT2D eigenvalue weighted by Gasteiger charge is -2.36. The number of rotatable bonds is 6. The second-order valence-electron chi connectivity index (χ2n) is 8.06. The van der Waals surface area contributed by atoms with Gasteiger partial charge in [-0.2, -0.15) is 5.10 Å². The van der Waals surface area contributed by atoms with E-state index in [1.165, 1.54) is 30.5 Å². The predicted molar refractivity (Wildman–Crippen MR) is 99.1 cm³/mol. The van der Waals surface area contributed by atoms with E-state index in [1.807, 2.05) is 11.9 Å². The number of aryl methyl sites for hydroxylation is 1. The second kappa shape index (κ2) is 8.17. The summed E-state index contributed by atoms with van der Waals surface area (Å²) in [6.07, 6.45) is 6.38. The van der Waals surface area contributed by atoms with Crippen molar-refractivity contribution in [3.05, 3.63) is 17.0 Å². The number of carbonyl (C=O) groups excluding carboxylic acids is 1. The lowest BCUT2D eigenvalue weighted by Crippen LogP contribution is -2.42. The fourth-order valence-corrected chi connectivity index (χ4v) is 4.08. The molecule has 0 aliphatic heterocycles. The molecule has 0 saturated heterocycles. The highest BCUT2D eigenvalue weighted by molar-refractivity contribution is 5.76. The highest BCUT2D eigenvalue weighted by atomic mass is 16.2. The van der Waals surface area contributed by atoms with E-state index in [1.54, 1.807) is 0 Å². The predicted octanol–water partition coefficient (Wildman–Crippen LogP) is 4.13. The molecule has 0 bridgehead atoms. The second-order valence-corrected chi connectivity index (χ2v) is 8.06. The molecule has 1 heterocycles. The zero-order valence-electron chi connectivity index (χ0n) is 16.4. The highest BCUT2D eigenvalue weighted by Gasteiger charge is 2.27. The van der Waals surface area contributed by atoms with Crippen LogP contribution in [0.4, 0.5) is 0 Å². The third-order valence-electron chi connectivity index (χ3n) is 5.62. The van der Waals surface area contributed by atoms with Crippen LogP contribution in [0.15, 0.2) is 0 Å². The van der Waals surface area contributed by atoms with Crippen LogP contribution < -0.4 is 0 Å². The Bertz CT molecular complexity index is 561. The lowest BCUT2D eigenvalue weighted by atomic mass is 9.85. The standard InChI is InChI=1S/C20H35N3O/c1-14(2)13-23-17(5)18(16(4)21-23)11-12-20(24)22(6)19-10-8-7-9-15(19)3/h14-15,19H,7-13H2,1-6H3. The van der Waals surface area contributed by atoms with Crippen molar-refractivity contribution in [3.8, 4) is 0 Å². The van der Waals surface area contributed by atoms with Gasteiger partial charge in [-0.3, -0.25) is 9.48 Å². The fraction of sp³-hybridized carbons (Fsp3) is 0.800. The molecule has 0 N–H and O–H groups in total. The average Bonchev–Trinajstić information content (AvgIpc) is 2.78. The first-order chi connectivity index (χ1) is 11.3. The lowest BCUT2D eigenvalue weighted by molar-refractivity contribution is -0.133. The number of amides is 1. The molecule has 1 saturated carbocycles. The van der Waals surface area contributed by atoms with Crippen molar-refractivity contribution in [1.82, 2.24) is 14.7 Å². The molecule has 2 unspecified atom stereocenters. The Hall–Kier alpha value is -1.32. The quantitative estimate of drug-likeness (QED) is 0.785. The van der Waals surface area contributed by atoms with Crippen molar-refractivity contribution in [1.29, 1.82) is 0 Å². The van der Waals surface area contributed by atoms with E-state index in [2.05, 4.69) is 44.4 Å². The van der Waals surface area contributed by atoms with Crippen LogP contribution in [0.1, 0.15) is 69.8 Å². The van der Waals surface area contributed by atoms with Crippen molar-refractivity contribution in [2.45, 2.75) is 85.7 Å². The minimum atomic E-state index is 0.282. The average molecular weight is 334 g/mol. The Balaban J connectivity index is 1.97. The van der Waals surface area contributed by atoms with Crippen molar-refractivity contribution in [3.63, 3.8) is 0 Å². The first-order valence-electron chi connectivity index (χ1n) is 9.59. The van der Waals surface area contributed by atoms with Crippen molar-refractivity contribution in [2.75, 3.05) is 7.05 Å². The van der Waals surface area contributed by atoms with Gasteiger partial charge in [0.2, 0.25) is 5.91 Å². The normalized spacial score (nSPS) is 21.3. The van der Waals surface area contributed by atoms with Gasteiger partial charge < -0.3 is 4.90 Å². The minimum absolute atomic E-state index is 0.282. The van der Waals surface area contributed by atoms with E-state index < -0.39 is 0 Å². The summed E-state index contributed by atoms with van der Waals surface area (Å²) in [5, 5.41) is 4.67. The van der Waals surface area contributed by atoms with Gasteiger partial charge in [-0.15, -0.1) is 0 Å². The van der Waals surface area contributed by atoms with Crippen LogP contribution >= 0.6 is 0 Å². The van der Waals surface area contributed by atoms with Crippen LogP contribution in [0.25, 0.3) is 0 Å². The Labute approximate surface area is 147 Å². The molecule has 4 heteroatoms. The van der Waals surface area contributed by atoms with E-state index >= 15 is 0 Å². The first-order valence-corrected chi connectivity index (χ1v) is 9.59. The van der Waals surface area contributed by atoms with Crippen LogP contribution in [-0.2, 0) is 17.8 Å². The molecule has 1 fully saturated rings. The number of nitrogens with zero attached hydrogens (tertiary/aromatic N) is 3. The van der Waals surface area contributed by atoms with E-state index in [-0.39, 0.29) is 5.91 Å². The summed E-state index contributed by atoms with van der Waals surface area (Å²) in [4.78, 5) is 14.7. The van der Waals surface area contributed by atoms with Gasteiger partial charge >= 0.3 is 0 Å². The van der Waals surface area contributed by atoms with Crippen molar-refractivity contribution in [2.24, 2.45) is 11.8 Å². The number of aromatic nitrogens is 2. The van der Waals surface area contributed by atoms with Gasteiger partial charge in [0.05, 0.1) is 5.69 Å². The van der Waals surface area contributed by atoms with Crippen LogP contribution in [0, 0.1) is 25.7 Å². The summed E-state index contributed by atoms with van der Waals surface area (Å²) in [5.74, 6) is 1.49. The maximum Gasteiger partial charge on any atom is 0.222 e. The van der Waals surface area contributed by atoms with Crippen LogP contribution in [-0.4, -0.2) is 33.7 Å². The number of hydrogen-bond donors (Lipinski definition) is 0. The van der Waals surface area contributed by atoms with Gasteiger partial charge in [0.15, 0.2) is 0 Å². The van der Waals surface area contributed by atoms with Gasteiger partial charge in [-0.1, -0.05) is 33.6 Å². The molecule has 2 atom stereocenters. The number of carbonyl (C=O) groups is 1. The molecule has 24 heavy (non-hydrogen) atoms. The molecule has 4 nitrogen and oxygen atoms in total. The zero-order valence-corrected chi connectivity index (χ0v) is 16.4. The van der Waals surface area contributed by atoms with Gasteiger partial charge in [0.25, 0.3) is 0 Å². The topological polar surface area (TPSA) is 38.1 Å². The summed E-state index contributed by atoms with van der Waals surface area (Å²) in [6, 6.07) is 0.428. The third kappa shape index (κ3) is 4.40. The molecule has 1 aromatic rings. The third-order valence-corrected chi connectivity index (χ3v) is 5.62. The van der Waals surface area contributed by atoms with E-state index in [9.17, 15) is 4.79 Å². The number of hydrogen-bond acceptors (Lipinski definition) is 2. The van der Waals surface area contributed by atoms with E-state index in [0.717, 1.165) is 25.1 Å². The monoisotopic (exact) mass is 333 g/mol. The van der Waals surface area contributed by atoms with Crippen LogP contribution in [0.5, 0.6) is 0 Å². The van der Waals surface area contributed by atoms with Crippen LogP contribution in [0.3, 0.4) is 0 Å². The van der Waals surface area contributed by atoms with E-state index in [4.69, 9.17) is 0 Å². The Kier molecular flexibility index (Phi) is 6.47.